The molecule has 0 spiro atoms. The van der Waals surface area contributed by atoms with Gasteiger partial charge in [-0.15, -0.1) is 0 Å². The second-order valence-electron chi connectivity index (χ2n) is 5.75. The van der Waals surface area contributed by atoms with Crippen LogP contribution < -0.4 is 5.32 Å². The van der Waals surface area contributed by atoms with Crippen LogP contribution in [0.5, 0.6) is 0 Å². The molecule has 21 heavy (non-hydrogen) atoms. The number of carbonyl (C=O) groups is 1. The van der Waals surface area contributed by atoms with Gasteiger partial charge in [0.2, 0.25) is 0 Å². The number of nitrogens with one attached hydrogen (secondary N) is 1. The van der Waals surface area contributed by atoms with Crippen LogP contribution in [0, 0.1) is 5.92 Å². The number of imidazole rings is 1. The minimum absolute atomic E-state index is 0.0170. The maximum atomic E-state index is 12.1. The van der Waals surface area contributed by atoms with Gasteiger partial charge in [-0.1, -0.05) is 12.1 Å². The Balaban J connectivity index is 1.72. The van der Waals surface area contributed by atoms with Crippen molar-refractivity contribution in [3.63, 3.8) is 0 Å². The number of aromatic nitrogens is 2. The molecule has 0 unspecified atom stereocenters. The van der Waals surface area contributed by atoms with Gasteiger partial charge >= 0.3 is 6.03 Å². The summed E-state index contributed by atoms with van der Waals surface area (Å²) in [5.41, 5.74) is 2.11. The van der Waals surface area contributed by atoms with Gasteiger partial charge < -0.3 is 14.8 Å². The maximum Gasteiger partial charge on any atom is 0.317 e. The number of para-hydroxylation sites is 2. The molecule has 1 saturated carbocycles. The second-order valence-corrected chi connectivity index (χ2v) is 5.75. The Morgan fingerprint density at radius 3 is 2.90 bits per heavy atom. The van der Waals surface area contributed by atoms with Gasteiger partial charge in [-0.2, -0.15) is 0 Å². The van der Waals surface area contributed by atoms with E-state index in [1.165, 1.54) is 12.8 Å². The normalized spacial score (nSPS) is 14.4. The molecule has 2 amide bonds. The fourth-order valence-corrected chi connectivity index (χ4v) is 2.57. The average Bonchev–Trinajstić information content (AvgIpc) is 3.25. The van der Waals surface area contributed by atoms with Crippen molar-refractivity contribution in [1.29, 1.82) is 0 Å². The van der Waals surface area contributed by atoms with E-state index in [0.717, 1.165) is 29.9 Å². The molecule has 1 heterocycles. The molecule has 0 bridgehead atoms. The SMILES string of the molecule is CCn1c(CN(C)C(=O)NCC2CC2)nc2ccccc21. The Kier molecular flexibility index (Phi) is 3.82. The van der Waals surface area contributed by atoms with Gasteiger partial charge in [0.05, 0.1) is 17.6 Å². The molecule has 0 atom stereocenters. The molecule has 5 nitrogen and oxygen atoms in total. The van der Waals surface area contributed by atoms with Gasteiger partial charge in [-0.25, -0.2) is 9.78 Å². The van der Waals surface area contributed by atoms with Crippen LogP contribution in [0.1, 0.15) is 25.6 Å². The number of urea groups is 1. The molecule has 0 radical (unpaired) electrons. The number of amides is 2. The number of hydrogen-bond donors (Lipinski definition) is 1. The molecule has 0 aliphatic heterocycles. The van der Waals surface area contributed by atoms with Gasteiger partial charge in [0.15, 0.2) is 0 Å². The monoisotopic (exact) mass is 286 g/mol. The van der Waals surface area contributed by atoms with Crippen LogP contribution in [0.2, 0.25) is 0 Å². The van der Waals surface area contributed by atoms with E-state index < -0.39 is 0 Å². The van der Waals surface area contributed by atoms with Crippen molar-refractivity contribution in [2.45, 2.75) is 32.9 Å². The lowest BCUT2D eigenvalue weighted by atomic mass is 10.3. The standard InChI is InChI=1S/C16H22N4O/c1-3-20-14-7-5-4-6-13(14)18-15(20)11-19(2)16(21)17-10-12-8-9-12/h4-7,12H,3,8-11H2,1-2H3,(H,17,21). The summed E-state index contributed by atoms with van der Waals surface area (Å²) in [4.78, 5) is 18.4. The Hall–Kier alpha value is -2.04. The zero-order valence-electron chi connectivity index (χ0n) is 12.7. The number of aryl methyl sites for hydroxylation is 1. The van der Waals surface area contributed by atoms with Crippen LogP contribution in [0.3, 0.4) is 0 Å². The van der Waals surface area contributed by atoms with Crippen molar-refractivity contribution in [3.05, 3.63) is 30.1 Å². The molecule has 112 valence electrons. The van der Waals surface area contributed by atoms with Crippen molar-refractivity contribution in [1.82, 2.24) is 19.8 Å². The summed E-state index contributed by atoms with van der Waals surface area (Å²) in [6, 6.07) is 8.08. The molecular formula is C16H22N4O. The van der Waals surface area contributed by atoms with E-state index in [-0.39, 0.29) is 6.03 Å². The predicted octanol–water partition coefficient (Wildman–Crippen LogP) is 2.61. The maximum absolute atomic E-state index is 12.1. The van der Waals surface area contributed by atoms with Crippen LogP contribution in [-0.4, -0.2) is 34.1 Å². The highest BCUT2D eigenvalue weighted by Crippen LogP contribution is 2.27. The highest BCUT2D eigenvalue weighted by Gasteiger charge is 2.22. The number of carbonyl (C=O) groups excluding carboxylic acids is 1. The largest absolute Gasteiger partial charge is 0.338 e. The van der Waals surface area contributed by atoms with Crippen LogP contribution >= 0.6 is 0 Å². The Labute approximate surface area is 125 Å². The fourth-order valence-electron chi connectivity index (χ4n) is 2.57. The number of benzene rings is 1. The molecule has 1 aromatic heterocycles. The number of fused-ring (bicyclic) bond motifs is 1. The first kappa shape index (κ1) is 13.9. The first-order valence-corrected chi connectivity index (χ1v) is 7.62. The minimum atomic E-state index is -0.0170. The molecule has 1 aliphatic rings. The van der Waals surface area contributed by atoms with Crippen molar-refractivity contribution in [2.24, 2.45) is 5.92 Å². The van der Waals surface area contributed by atoms with Gasteiger partial charge in [0, 0.05) is 20.1 Å². The molecule has 2 aromatic rings. The smallest absolute Gasteiger partial charge is 0.317 e. The summed E-state index contributed by atoms with van der Waals surface area (Å²) < 4.78 is 2.17. The minimum Gasteiger partial charge on any atom is -0.338 e. The molecule has 1 aromatic carbocycles. The van der Waals surface area contributed by atoms with Gasteiger partial charge in [0.1, 0.15) is 5.82 Å². The lowest BCUT2D eigenvalue weighted by Crippen LogP contribution is -2.38. The Morgan fingerprint density at radius 1 is 1.43 bits per heavy atom. The lowest BCUT2D eigenvalue weighted by Gasteiger charge is -2.18. The summed E-state index contributed by atoms with van der Waals surface area (Å²) in [5, 5.41) is 2.99. The van der Waals surface area contributed by atoms with E-state index >= 15 is 0 Å². The quantitative estimate of drug-likeness (QED) is 0.918. The van der Waals surface area contributed by atoms with Crippen LogP contribution in [-0.2, 0) is 13.1 Å². The first-order valence-electron chi connectivity index (χ1n) is 7.62. The fraction of sp³-hybridized carbons (Fsp3) is 0.500. The first-order chi connectivity index (χ1) is 10.2. The molecule has 5 heteroatoms. The number of nitrogens with zero attached hydrogens (tertiary/aromatic N) is 3. The van der Waals surface area contributed by atoms with Gasteiger partial charge in [-0.3, -0.25) is 0 Å². The zero-order valence-corrected chi connectivity index (χ0v) is 12.7. The summed E-state index contributed by atoms with van der Waals surface area (Å²) >= 11 is 0. The highest BCUT2D eigenvalue weighted by molar-refractivity contribution is 5.76. The third kappa shape index (κ3) is 3.01. The number of hydrogen-bond acceptors (Lipinski definition) is 2. The Bertz CT molecular complexity index is 645. The summed E-state index contributed by atoms with van der Waals surface area (Å²) in [6.07, 6.45) is 2.49. The predicted molar refractivity (Wildman–Crippen MR) is 83.0 cm³/mol. The topological polar surface area (TPSA) is 50.2 Å². The van der Waals surface area contributed by atoms with Crippen molar-refractivity contribution in [3.8, 4) is 0 Å². The van der Waals surface area contributed by atoms with Crippen LogP contribution in [0.25, 0.3) is 11.0 Å². The van der Waals surface area contributed by atoms with Gasteiger partial charge in [-0.05, 0) is 37.8 Å². The molecule has 1 fully saturated rings. The van der Waals surface area contributed by atoms with E-state index in [9.17, 15) is 4.79 Å². The van der Waals surface area contributed by atoms with E-state index in [1.807, 2.05) is 25.2 Å². The third-order valence-electron chi connectivity index (χ3n) is 4.01. The highest BCUT2D eigenvalue weighted by atomic mass is 16.2. The van der Waals surface area contributed by atoms with Crippen LogP contribution in [0.4, 0.5) is 4.79 Å². The van der Waals surface area contributed by atoms with Crippen molar-refractivity contribution in [2.75, 3.05) is 13.6 Å². The lowest BCUT2D eigenvalue weighted by molar-refractivity contribution is 0.205. The molecule has 1 N–H and O–H groups in total. The van der Waals surface area contributed by atoms with E-state index in [4.69, 9.17) is 0 Å². The average molecular weight is 286 g/mol. The summed E-state index contributed by atoms with van der Waals surface area (Å²) in [7, 11) is 1.82. The van der Waals surface area contributed by atoms with Crippen molar-refractivity contribution < 1.29 is 4.79 Å². The van der Waals surface area contributed by atoms with Crippen LogP contribution in [0.15, 0.2) is 24.3 Å². The van der Waals surface area contributed by atoms with E-state index in [2.05, 4.69) is 27.9 Å². The Morgan fingerprint density at radius 2 is 2.19 bits per heavy atom. The molecule has 0 saturated heterocycles. The second kappa shape index (κ2) is 5.76. The summed E-state index contributed by atoms with van der Waals surface area (Å²) in [6.45, 7) is 4.28. The van der Waals surface area contributed by atoms with Gasteiger partial charge in [0.25, 0.3) is 0 Å². The zero-order chi connectivity index (χ0) is 14.8. The number of rotatable bonds is 5. The van der Waals surface area contributed by atoms with Crippen molar-refractivity contribution >= 4 is 17.1 Å². The molecule has 3 rings (SSSR count). The van der Waals surface area contributed by atoms with E-state index in [0.29, 0.717) is 12.5 Å². The molecular weight excluding hydrogens is 264 g/mol. The third-order valence-corrected chi connectivity index (χ3v) is 4.01. The summed E-state index contributed by atoms with van der Waals surface area (Å²) in [5.74, 6) is 1.63. The van der Waals surface area contributed by atoms with E-state index in [1.54, 1.807) is 4.90 Å². The molecule has 1 aliphatic carbocycles.